The Balaban J connectivity index is 1.79. The smallest absolute Gasteiger partial charge is 0.346 e. The number of furan rings is 1. The highest BCUT2D eigenvalue weighted by molar-refractivity contribution is 6.07. The largest absolute Gasteiger partial charge is 0.463 e. The van der Waals surface area contributed by atoms with E-state index in [0.717, 1.165) is 24.3 Å². The standard InChI is InChI=1S/C13H15N3O3/c17-11-13(6-2-1-3-7-13)15-12(18)16(11)14-9-10-5-4-8-19-10/h4-5,8-9H,1-3,6-7H2,(H,15,18)/b14-9-. The lowest BCUT2D eigenvalue weighted by molar-refractivity contribution is -0.132. The number of imide groups is 1. The van der Waals surface area contributed by atoms with Crippen LogP contribution in [0.1, 0.15) is 37.9 Å². The van der Waals surface area contributed by atoms with Gasteiger partial charge in [0.25, 0.3) is 5.91 Å². The topological polar surface area (TPSA) is 74.9 Å². The van der Waals surface area contributed by atoms with Gasteiger partial charge in [0.15, 0.2) is 0 Å². The molecular formula is C13H15N3O3. The molecule has 100 valence electrons. The van der Waals surface area contributed by atoms with E-state index in [1.54, 1.807) is 12.1 Å². The Morgan fingerprint density at radius 1 is 1.32 bits per heavy atom. The minimum Gasteiger partial charge on any atom is -0.463 e. The third-order valence-corrected chi connectivity index (χ3v) is 3.69. The van der Waals surface area contributed by atoms with Gasteiger partial charge >= 0.3 is 6.03 Å². The maximum absolute atomic E-state index is 12.4. The number of hydrogen-bond acceptors (Lipinski definition) is 4. The van der Waals surface area contributed by atoms with Gasteiger partial charge in [-0.05, 0) is 25.0 Å². The van der Waals surface area contributed by atoms with Gasteiger partial charge in [-0.15, -0.1) is 5.01 Å². The highest BCUT2D eigenvalue weighted by atomic mass is 16.3. The number of amides is 3. The van der Waals surface area contributed by atoms with Crippen molar-refractivity contribution in [3.8, 4) is 0 Å². The molecule has 0 radical (unpaired) electrons. The molecule has 6 heteroatoms. The van der Waals surface area contributed by atoms with Crippen LogP contribution in [-0.2, 0) is 4.79 Å². The predicted molar refractivity (Wildman–Crippen MR) is 67.5 cm³/mol. The zero-order valence-electron chi connectivity index (χ0n) is 10.5. The summed E-state index contributed by atoms with van der Waals surface area (Å²) >= 11 is 0. The molecule has 2 heterocycles. The number of carbonyl (C=O) groups excluding carboxylic acids is 2. The molecule has 2 aliphatic rings. The molecule has 0 unspecified atom stereocenters. The van der Waals surface area contributed by atoms with Crippen LogP contribution in [0.2, 0.25) is 0 Å². The summed E-state index contributed by atoms with van der Waals surface area (Å²) in [6.07, 6.45) is 7.31. The van der Waals surface area contributed by atoms with E-state index < -0.39 is 11.6 Å². The molecule has 1 saturated carbocycles. The fourth-order valence-corrected chi connectivity index (χ4v) is 2.68. The molecule has 1 aromatic heterocycles. The van der Waals surface area contributed by atoms with Crippen molar-refractivity contribution in [2.75, 3.05) is 0 Å². The average Bonchev–Trinajstić information content (AvgIpc) is 2.99. The summed E-state index contributed by atoms with van der Waals surface area (Å²) in [5, 5.41) is 7.63. The zero-order chi connectivity index (χ0) is 13.3. The van der Waals surface area contributed by atoms with Crippen molar-refractivity contribution < 1.29 is 14.0 Å². The third kappa shape index (κ3) is 2.03. The van der Waals surface area contributed by atoms with Crippen LogP contribution in [0, 0.1) is 0 Å². The van der Waals surface area contributed by atoms with Crippen molar-refractivity contribution >= 4 is 18.2 Å². The molecule has 3 rings (SSSR count). The van der Waals surface area contributed by atoms with E-state index in [1.807, 2.05) is 0 Å². The molecule has 1 aliphatic heterocycles. The molecule has 3 amide bonds. The van der Waals surface area contributed by atoms with Crippen LogP contribution in [0.15, 0.2) is 27.9 Å². The minimum absolute atomic E-state index is 0.250. The second kappa shape index (κ2) is 4.53. The summed E-state index contributed by atoms with van der Waals surface area (Å²) in [6.45, 7) is 0. The fourth-order valence-electron chi connectivity index (χ4n) is 2.68. The number of hydrazone groups is 1. The van der Waals surface area contributed by atoms with Crippen molar-refractivity contribution in [1.82, 2.24) is 10.3 Å². The van der Waals surface area contributed by atoms with Gasteiger partial charge < -0.3 is 9.73 Å². The monoisotopic (exact) mass is 261 g/mol. The average molecular weight is 261 g/mol. The fraction of sp³-hybridized carbons (Fsp3) is 0.462. The van der Waals surface area contributed by atoms with Gasteiger partial charge in [-0.25, -0.2) is 4.79 Å². The molecule has 2 fully saturated rings. The first-order valence-electron chi connectivity index (χ1n) is 6.45. The number of rotatable bonds is 2. The van der Waals surface area contributed by atoms with Crippen LogP contribution in [-0.4, -0.2) is 28.7 Å². The summed E-state index contributed by atoms with van der Waals surface area (Å²) in [4.78, 5) is 24.2. The van der Waals surface area contributed by atoms with Crippen LogP contribution in [0.5, 0.6) is 0 Å². The molecular weight excluding hydrogens is 246 g/mol. The van der Waals surface area contributed by atoms with Gasteiger partial charge in [-0.1, -0.05) is 19.3 Å². The maximum atomic E-state index is 12.4. The maximum Gasteiger partial charge on any atom is 0.346 e. The molecule has 0 bridgehead atoms. The summed E-state index contributed by atoms with van der Waals surface area (Å²) in [5.41, 5.74) is -0.726. The second-order valence-corrected chi connectivity index (χ2v) is 4.95. The number of hydrogen-bond donors (Lipinski definition) is 1. The van der Waals surface area contributed by atoms with E-state index in [9.17, 15) is 9.59 Å². The Hall–Kier alpha value is -2.11. The predicted octanol–water partition coefficient (Wildman–Crippen LogP) is 1.87. The lowest BCUT2D eigenvalue weighted by Crippen LogP contribution is -2.48. The molecule has 0 atom stereocenters. The number of nitrogens with zero attached hydrogens (tertiary/aromatic N) is 2. The Kier molecular flexibility index (Phi) is 2.85. The van der Waals surface area contributed by atoms with Gasteiger partial charge in [0, 0.05) is 0 Å². The van der Waals surface area contributed by atoms with Crippen molar-refractivity contribution in [1.29, 1.82) is 0 Å². The molecule has 0 aromatic carbocycles. The van der Waals surface area contributed by atoms with Crippen LogP contribution in [0.3, 0.4) is 0 Å². The van der Waals surface area contributed by atoms with Crippen LogP contribution in [0.4, 0.5) is 4.79 Å². The van der Waals surface area contributed by atoms with Crippen molar-refractivity contribution in [3.05, 3.63) is 24.2 Å². The highest BCUT2D eigenvalue weighted by Crippen LogP contribution is 2.33. The lowest BCUT2D eigenvalue weighted by Gasteiger charge is -2.29. The van der Waals surface area contributed by atoms with Gasteiger partial charge in [0.1, 0.15) is 11.3 Å². The molecule has 19 heavy (non-hydrogen) atoms. The summed E-state index contributed by atoms with van der Waals surface area (Å²) < 4.78 is 5.08. The van der Waals surface area contributed by atoms with Crippen LogP contribution in [0.25, 0.3) is 0 Å². The first kappa shape index (κ1) is 12.0. The Labute approximate surface area is 110 Å². The molecule has 6 nitrogen and oxygen atoms in total. The summed E-state index contributed by atoms with van der Waals surface area (Å²) in [5.74, 6) is 0.255. The Bertz CT molecular complexity index is 515. The molecule has 1 spiro atoms. The van der Waals surface area contributed by atoms with Gasteiger partial charge in [0.2, 0.25) is 0 Å². The first-order valence-corrected chi connectivity index (χ1v) is 6.45. The molecule has 1 aliphatic carbocycles. The van der Waals surface area contributed by atoms with E-state index in [4.69, 9.17) is 4.42 Å². The highest BCUT2D eigenvalue weighted by Gasteiger charge is 2.51. The van der Waals surface area contributed by atoms with E-state index >= 15 is 0 Å². The van der Waals surface area contributed by atoms with Gasteiger partial charge in [-0.2, -0.15) is 5.10 Å². The quantitative estimate of drug-likeness (QED) is 0.652. The lowest BCUT2D eigenvalue weighted by atomic mass is 9.82. The van der Waals surface area contributed by atoms with E-state index in [-0.39, 0.29) is 5.91 Å². The summed E-state index contributed by atoms with van der Waals surface area (Å²) in [6, 6.07) is 2.98. The minimum atomic E-state index is -0.726. The number of nitrogens with one attached hydrogen (secondary N) is 1. The first-order chi connectivity index (χ1) is 9.21. The van der Waals surface area contributed by atoms with Gasteiger partial charge in [-0.3, -0.25) is 4.79 Å². The van der Waals surface area contributed by atoms with E-state index in [2.05, 4.69) is 10.4 Å². The van der Waals surface area contributed by atoms with Crippen molar-refractivity contribution in [3.63, 3.8) is 0 Å². The SMILES string of the molecule is O=C1NC2(CCCCC2)C(=O)N1/N=C\c1ccco1. The molecule has 1 aromatic rings. The zero-order valence-corrected chi connectivity index (χ0v) is 10.5. The second-order valence-electron chi connectivity index (χ2n) is 4.95. The van der Waals surface area contributed by atoms with E-state index in [1.165, 1.54) is 12.5 Å². The normalized spacial score (nSPS) is 22.4. The third-order valence-electron chi connectivity index (χ3n) is 3.69. The van der Waals surface area contributed by atoms with Gasteiger partial charge in [0.05, 0.1) is 12.5 Å². The molecule has 1 saturated heterocycles. The van der Waals surface area contributed by atoms with Crippen LogP contribution >= 0.6 is 0 Å². The Morgan fingerprint density at radius 3 is 2.79 bits per heavy atom. The number of carbonyl (C=O) groups is 2. The van der Waals surface area contributed by atoms with Crippen molar-refractivity contribution in [2.45, 2.75) is 37.6 Å². The summed E-state index contributed by atoms with van der Waals surface area (Å²) in [7, 11) is 0. The number of urea groups is 1. The van der Waals surface area contributed by atoms with Crippen molar-refractivity contribution in [2.24, 2.45) is 5.10 Å². The molecule has 1 N–H and O–H groups in total. The van der Waals surface area contributed by atoms with E-state index in [0.29, 0.717) is 18.6 Å². The van der Waals surface area contributed by atoms with Crippen LogP contribution < -0.4 is 5.32 Å². The Morgan fingerprint density at radius 2 is 2.11 bits per heavy atom.